The highest BCUT2D eigenvalue weighted by Gasteiger charge is 2.22. The lowest BCUT2D eigenvalue weighted by Gasteiger charge is -2.23. The van der Waals surface area contributed by atoms with Gasteiger partial charge in [0.2, 0.25) is 0 Å². The number of para-hydroxylation sites is 1. The Bertz CT molecular complexity index is 827. The normalized spacial score (nSPS) is 15.6. The maximum atomic E-state index is 12.1. The molecule has 0 radical (unpaired) electrons. The van der Waals surface area contributed by atoms with E-state index in [-0.39, 0.29) is 12.5 Å². The van der Waals surface area contributed by atoms with Crippen molar-refractivity contribution >= 4 is 39.5 Å². The van der Waals surface area contributed by atoms with Crippen molar-refractivity contribution in [2.75, 3.05) is 0 Å². The van der Waals surface area contributed by atoms with Gasteiger partial charge in [-0.3, -0.25) is 14.9 Å². The topological polar surface area (TPSA) is 97.4 Å². The molecule has 156 valence electrons. The number of nitrogens with zero attached hydrogens (tertiary/aromatic N) is 1. The van der Waals surface area contributed by atoms with Crippen LogP contribution in [0.4, 0.5) is 4.79 Å². The Balaban J connectivity index is 1.35. The summed E-state index contributed by atoms with van der Waals surface area (Å²) in [6.07, 6.45) is 5.68. The van der Waals surface area contributed by atoms with Gasteiger partial charge >= 0.3 is 12.0 Å². The van der Waals surface area contributed by atoms with Crippen molar-refractivity contribution in [3.8, 4) is 0 Å². The molecule has 0 unspecified atom stereocenters. The summed E-state index contributed by atoms with van der Waals surface area (Å²) in [5, 5.41) is 6.03. The molecule has 1 atom stereocenters. The molecule has 1 aliphatic rings. The van der Waals surface area contributed by atoms with Gasteiger partial charge in [-0.05, 0) is 44.7 Å². The minimum absolute atomic E-state index is 0.108. The molecule has 2 aromatic rings. The number of carbonyl (C=O) groups is 3. The summed E-state index contributed by atoms with van der Waals surface area (Å²) in [4.78, 5) is 40.5. The van der Waals surface area contributed by atoms with Crippen LogP contribution in [0, 0.1) is 0 Å². The predicted octanol–water partition coefficient (Wildman–Crippen LogP) is 3.71. The van der Waals surface area contributed by atoms with Crippen LogP contribution in [0.25, 0.3) is 10.2 Å². The largest absolute Gasteiger partial charge is 0.453 e. The van der Waals surface area contributed by atoms with Gasteiger partial charge in [0.25, 0.3) is 5.91 Å². The molecule has 1 aliphatic carbocycles. The fraction of sp³-hybridized carbons (Fsp3) is 0.524. The number of nitrogens with one attached hydrogen (secondary N) is 2. The lowest BCUT2D eigenvalue weighted by Crippen LogP contribution is -2.48. The molecule has 29 heavy (non-hydrogen) atoms. The highest BCUT2D eigenvalue weighted by molar-refractivity contribution is 7.18. The molecule has 1 aromatic carbocycles. The Labute approximate surface area is 174 Å². The van der Waals surface area contributed by atoms with Crippen LogP contribution in [0.15, 0.2) is 24.3 Å². The summed E-state index contributed by atoms with van der Waals surface area (Å²) in [5.41, 5.74) is 0.965. The van der Waals surface area contributed by atoms with Gasteiger partial charge in [0, 0.05) is 12.5 Å². The zero-order valence-corrected chi connectivity index (χ0v) is 17.4. The predicted molar refractivity (Wildman–Crippen MR) is 112 cm³/mol. The molecule has 0 bridgehead atoms. The molecule has 3 rings (SSSR count). The molecule has 1 fully saturated rings. The standard InChI is InChI=1S/C21H27N3O4S/c1-14(20(26)24-21(27)22-15-8-3-2-4-9-15)28-19(25)13-7-12-18-23-16-10-5-6-11-17(16)29-18/h5-6,10-11,14-15H,2-4,7-9,12-13H2,1H3,(H2,22,24,26,27)/t14-/m1/s1. The summed E-state index contributed by atoms with van der Waals surface area (Å²) in [7, 11) is 0. The fourth-order valence-corrected chi connectivity index (χ4v) is 4.41. The van der Waals surface area contributed by atoms with Gasteiger partial charge in [-0.1, -0.05) is 31.4 Å². The number of aromatic nitrogens is 1. The molecule has 2 N–H and O–H groups in total. The van der Waals surface area contributed by atoms with Gasteiger partial charge in [0.15, 0.2) is 6.10 Å². The van der Waals surface area contributed by atoms with Gasteiger partial charge in [-0.15, -0.1) is 11.3 Å². The first-order valence-electron chi connectivity index (χ1n) is 10.2. The number of imide groups is 1. The maximum Gasteiger partial charge on any atom is 0.321 e. The van der Waals surface area contributed by atoms with Crippen molar-refractivity contribution in [1.82, 2.24) is 15.6 Å². The summed E-state index contributed by atoms with van der Waals surface area (Å²) >= 11 is 1.62. The fourth-order valence-electron chi connectivity index (χ4n) is 3.40. The third kappa shape index (κ3) is 6.52. The second-order valence-electron chi connectivity index (χ2n) is 7.36. The molecule has 8 heteroatoms. The van der Waals surface area contributed by atoms with Crippen molar-refractivity contribution in [3.63, 3.8) is 0 Å². The number of thiazole rings is 1. The number of carbonyl (C=O) groups excluding carboxylic acids is 3. The minimum Gasteiger partial charge on any atom is -0.453 e. The van der Waals surface area contributed by atoms with Crippen LogP contribution in [0.2, 0.25) is 0 Å². The number of hydrogen-bond donors (Lipinski definition) is 2. The monoisotopic (exact) mass is 417 g/mol. The van der Waals surface area contributed by atoms with Crippen LogP contribution in [0.5, 0.6) is 0 Å². The van der Waals surface area contributed by atoms with Crippen molar-refractivity contribution < 1.29 is 19.1 Å². The average molecular weight is 418 g/mol. The van der Waals surface area contributed by atoms with E-state index in [2.05, 4.69) is 15.6 Å². The van der Waals surface area contributed by atoms with Crippen LogP contribution in [-0.4, -0.2) is 35.0 Å². The number of hydrogen-bond acceptors (Lipinski definition) is 6. The lowest BCUT2D eigenvalue weighted by atomic mass is 9.96. The highest BCUT2D eigenvalue weighted by Crippen LogP contribution is 2.22. The average Bonchev–Trinajstić information content (AvgIpc) is 3.11. The Hall–Kier alpha value is -2.48. The summed E-state index contributed by atoms with van der Waals surface area (Å²) in [6.45, 7) is 1.47. The smallest absolute Gasteiger partial charge is 0.321 e. The molecule has 0 spiro atoms. The van der Waals surface area contributed by atoms with Crippen LogP contribution in [0.1, 0.15) is 56.9 Å². The first-order valence-corrected chi connectivity index (χ1v) is 11.0. The third-order valence-electron chi connectivity index (χ3n) is 4.96. The molecule has 0 saturated heterocycles. The molecule has 1 aromatic heterocycles. The maximum absolute atomic E-state index is 12.1. The zero-order valence-electron chi connectivity index (χ0n) is 16.6. The number of fused-ring (bicyclic) bond motifs is 1. The van der Waals surface area contributed by atoms with E-state index in [0.717, 1.165) is 40.9 Å². The lowest BCUT2D eigenvalue weighted by molar-refractivity contribution is -0.154. The number of rotatable bonds is 7. The minimum atomic E-state index is -1.01. The number of urea groups is 1. The number of amides is 3. The zero-order chi connectivity index (χ0) is 20.6. The quantitative estimate of drug-likeness (QED) is 0.670. The van der Waals surface area contributed by atoms with Crippen LogP contribution >= 0.6 is 11.3 Å². The van der Waals surface area contributed by atoms with Crippen molar-refractivity contribution in [3.05, 3.63) is 29.3 Å². The molecule has 0 aliphatic heterocycles. The summed E-state index contributed by atoms with van der Waals surface area (Å²) in [5.74, 6) is -1.07. The molecular formula is C21H27N3O4S. The van der Waals surface area contributed by atoms with Crippen LogP contribution in [0.3, 0.4) is 0 Å². The van der Waals surface area contributed by atoms with Crippen molar-refractivity contribution in [2.45, 2.75) is 70.4 Å². The Morgan fingerprint density at radius 2 is 1.97 bits per heavy atom. The Kier molecular flexibility index (Phi) is 7.57. The number of aryl methyl sites for hydroxylation is 1. The molecule has 7 nitrogen and oxygen atoms in total. The van der Waals surface area contributed by atoms with Crippen molar-refractivity contribution in [1.29, 1.82) is 0 Å². The number of esters is 1. The Morgan fingerprint density at radius 1 is 1.21 bits per heavy atom. The van der Waals surface area contributed by atoms with E-state index in [1.54, 1.807) is 11.3 Å². The number of benzene rings is 1. The molecule has 3 amide bonds. The van der Waals surface area contributed by atoms with Gasteiger partial charge < -0.3 is 10.1 Å². The second-order valence-corrected chi connectivity index (χ2v) is 8.47. The van der Waals surface area contributed by atoms with Crippen LogP contribution < -0.4 is 10.6 Å². The number of ether oxygens (including phenoxy) is 1. The molecule has 1 saturated carbocycles. The van der Waals surface area contributed by atoms with E-state index >= 15 is 0 Å². The van der Waals surface area contributed by atoms with Crippen molar-refractivity contribution in [2.24, 2.45) is 0 Å². The third-order valence-corrected chi connectivity index (χ3v) is 6.06. The Morgan fingerprint density at radius 3 is 2.72 bits per heavy atom. The van der Waals surface area contributed by atoms with Gasteiger partial charge in [-0.25, -0.2) is 9.78 Å². The van der Waals surface area contributed by atoms with E-state index in [9.17, 15) is 14.4 Å². The van der Waals surface area contributed by atoms with Gasteiger partial charge in [-0.2, -0.15) is 0 Å². The summed E-state index contributed by atoms with van der Waals surface area (Å²) < 4.78 is 6.28. The van der Waals surface area contributed by atoms with Gasteiger partial charge in [0.05, 0.1) is 15.2 Å². The molecular weight excluding hydrogens is 390 g/mol. The summed E-state index contributed by atoms with van der Waals surface area (Å²) in [6, 6.07) is 7.50. The van der Waals surface area contributed by atoms with E-state index in [0.29, 0.717) is 12.8 Å². The van der Waals surface area contributed by atoms with E-state index in [1.165, 1.54) is 13.3 Å². The first kappa shape index (κ1) is 21.2. The second kappa shape index (κ2) is 10.3. The first-order chi connectivity index (χ1) is 14.0. The van der Waals surface area contributed by atoms with E-state index in [4.69, 9.17) is 4.74 Å². The SMILES string of the molecule is C[C@@H](OC(=O)CCCc1nc2ccccc2s1)C(=O)NC(=O)NC1CCCCC1. The molecule has 1 heterocycles. The van der Waals surface area contributed by atoms with Crippen LogP contribution in [-0.2, 0) is 20.7 Å². The van der Waals surface area contributed by atoms with Gasteiger partial charge in [0.1, 0.15) is 0 Å². The van der Waals surface area contributed by atoms with E-state index < -0.39 is 24.0 Å². The van der Waals surface area contributed by atoms with E-state index in [1.807, 2.05) is 24.3 Å². The highest BCUT2D eigenvalue weighted by atomic mass is 32.1.